The predicted octanol–water partition coefficient (Wildman–Crippen LogP) is 2.39. The molecule has 1 radical (unpaired) electrons. The fraction of sp³-hybridized carbons (Fsp3) is 1.00. The Hall–Kier alpha value is -0.0400. The van der Waals surface area contributed by atoms with Crippen molar-refractivity contribution in [1.82, 2.24) is 0 Å². The summed E-state index contributed by atoms with van der Waals surface area (Å²) in [7, 11) is 0. The molecule has 2 atom stereocenters. The van der Waals surface area contributed by atoms with Crippen molar-refractivity contribution < 1.29 is 5.11 Å². The average molecular weight is 139 g/mol. The molecule has 57 valence electrons. The molecule has 0 aromatic heterocycles. The van der Waals surface area contributed by atoms with Crippen LogP contribution in [0, 0.1) is 11.3 Å². The van der Waals surface area contributed by atoms with E-state index in [1.54, 1.807) is 0 Å². The maximum absolute atomic E-state index is 11.8. The third kappa shape index (κ3) is 0.531. The van der Waals surface area contributed by atoms with Gasteiger partial charge in [-0.2, -0.15) is 0 Å². The molecule has 2 unspecified atom stereocenters. The van der Waals surface area contributed by atoms with E-state index in [9.17, 15) is 5.11 Å². The molecular formula is C9H15O. The molecule has 3 rings (SSSR count). The molecule has 0 amide bonds. The van der Waals surface area contributed by atoms with E-state index < -0.39 is 5.60 Å². The Kier molecular flexibility index (Phi) is 1.05. The second kappa shape index (κ2) is 1.58. The maximum Gasteiger partial charge on any atom is 0.109 e. The third-order valence-electron chi connectivity index (χ3n) is 3.90. The summed E-state index contributed by atoms with van der Waals surface area (Å²) in [5, 5.41) is 11.8. The van der Waals surface area contributed by atoms with Crippen molar-refractivity contribution in [2.75, 3.05) is 0 Å². The third-order valence-corrected chi connectivity index (χ3v) is 3.90. The van der Waals surface area contributed by atoms with Gasteiger partial charge >= 0.3 is 0 Å². The highest BCUT2D eigenvalue weighted by atomic mass is 16.3. The zero-order valence-corrected chi connectivity index (χ0v) is 6.81. The molecule has 3 aliphatic rings. The first-order chi connectivity index (χ1) is 4.56. The Morgan fingerprint density at radius 3 is 2.40 bits per heavy atom. The summed E-state index contributed by atoms with van der Waals surface area (Å²) in [6.45, 7) is 4.29. The Morgan fingerprint density at radius 1 is 1.40 bits per heavy atom. The van der Waals surface area contributed by atoms with Crippen LogP contribution >= 0.6 is 0 Å². The van der Waals surface area contributed by atoms with Crippen LogP contribution in [0.25, 0.3) is 0 Å². The highest BCUT2D eigenvalue weighted by Crippen LogP contribution is 2.62. The van der Waals surface area contributed by atoms with Gasteiger partial charge in [-0.3, -0.25) is 0 Å². The monoisotopic (exact) mass is 139 g/mol. The summed E-state index contributed by atoms with van der Waals surface area (Å²) < 4.78 is 0. The zero-order chi connectivity index (χ0) is 7.41. The fourth-order valence-corrected chi connectivity index (χ4v) is 2.68. The second-order valence-corrected chi connectivity index (χ2v) is 4.51. The van der Waals surface area contributed by atoms with Crippen molar-refractivity contribution in [1.29, 1.82) is 0 Å². The molecule has 10 heavy (non-hydrogen) atoms. The molecule has 0 aromatic carbocycles. The quantitative estimate of drug-likeness (QED) is 0.491. The molecule has 3 aliphatic carbocycles. The lowest BCUT2D eigenvalue weighted by molar-refractivity contribution is -0.255. The topological polar surface area (TPSA) is 19.9 Å². The summed E-state index contributed by atoms with van der Waals surface area (Å²) >= 11 is 0. The van der Waals surface area contributed by atoms with Gasteiger partial charge in [-0.25, -0.2) is 5.11 Å². The van der Waals surface area contributed by atoms with Crippen LogP contribution in [0.5, 0.6) is 0 Å². The minimum atomic E-state index is -0.532. The maximum atomic E-state index is 11.8. The van der Waals surface area contributed by atoms with Crippen LogP contribution in [0.1, 0.15) is 39.5 Å². The van der Waals surface area contributed by atoms with E-state index in [2.05, 4.69) is 13.8 Å². The lowest BCUT2D eigenvalue weighted by atomic mass is 9.46. The van der Waals surface area contributed by atoms with Gasteiger partial charge in [0.15, 0.2) is 0 Å². The van der Waals surface area contributed by atoms with Crippen LogP contribution in [0.15, 0.2) is 0 Å². The molecule has 3 fully saturated rings. The van der Waals surface area contributed by atoms with Crippen LogP contribution in [-0.4, -0.2) is 5.60 Å². The van der Waals surface area contributed by atoms with Crippen LogP contribution in [0.3, 0.4) is 0 Å². The average Bonchev–Trinajstić information content (AvgIpc) is 1.88. The Balaban J connectivity index is 2.24. The molecule has 0 N–H and O–H groups in total. The highest BCUT2D eigenvalue weighted by molar-refractivity contribution is 5.11. The van der Waals surface area contributed by atoms with Crippen LogP contribution in [-0.2, 0) is 5.11 Å². The van der Waals surface area contributed by atoms with Gasteiger partial charge in [-0.1, -0.05) is 20.3 Å². The summed E-state index contributed by atoms with van der Waals surface area (Å²) in [6, 6.07) is 0. The second-order valence-electron chi connectivity index (χ2n) is 4.51. The Bertz CT molecular complexity index is 155. The summed E-state index contributed by atoms with van der Waals surface area (Å²) in [6.07, 6.45) is 4.37. The number of fused-ring (bicyclic) bond motifs is 2. The lowest BCUT2D eigenvalue weighted by Gasteiger charge is -2.61. The van der Waals surface area contributed by atoms with Crippen molar-refractivity contribution in [3.63, 3.8) is 0 Å². The smallest absolute Gasteiger partial charge is 0.109 e. The van der Waals surface area contributed by atoms with E-state index in [0.29, 0.717) is 0 Å². The summed E-state index contributed by atoms with van der Waals surface area (Å²) in [5.74, 6) is 0.749. The molecule has 1 nitrogen and oxygen atoms in total. The highest BCUT2D eigenvalue weighted by Gasteiger charge is 2.62. The zero-order valence-electron chi connectivity index (χ0n) is 6.81. The number of hydrogen-bond acceptors (Lipinski definition) is 0. The molecule has 0 spiro atoms. The van der Waals surface area contributed by atoms with Crippen LogP contribution in [0.2, 0.25) is 0 Å². The molecule has 0 heterocycles. The predicted molar refractivity (Wildman–Crippen MR) is 39.2 cm³/mol. The first-order valence-electron chi connectivity index (χ1n) is 4.27. The molecular weight excluding hydrogens is 124 g/mol. The van der Waals surface area contributed by atoms with Gasteiger partial charge in [0.1, 0.15) is 5.60 Å². The van der Waals surface area contributed by atoms with Gasteiger partial charge < -0.3 is 0 Å². The molecule has 0 aliphatic heterocycles. The van der Waals surface area contributed by atoms with E-state index in [4.69, 9.17) is 0 Å². The SMILES string of the molecule is CC1(C)C2CCCC1([O])C2. The first kappa shape index (κ1) is 6.66. The van der Waals surface area contributed by atoms with Crippen molar-refractivity contribution in [2.24, 2.45) is 11.3 Å². The molecule has 0 aromatic rings. The Morgan fingerprint density at radius 2 is 2.10 bits per heavy atom. The normalized spacial score (nSPS) is 50.1. The first-order valence-corrected chi connectivity index (χ1v) is 4.27. The summed E-state index contributed by atoms with van der Waals surface area (Å²) in [5.41, 5.74) is -0.416. The Labute approximate surface area is 62.4 Å². The van der Waals surface area contributed by atoms with E-state index in [1.807, 2.05) is 0 Å². The van der Waals surface area contributed by atoms with Gasteiger partial charge in [0.05, 0.1) is 0 Å². The number of rotatable bonds is 0. The van der Waals surface area contributed by atoms with E-state index in [-0.39, 0.29) is 5.41 Å². The van der Waals surface area contributed by atoms with Crippen molar-refractivity contribution in [3.8, 4) is 0 Å². The van der Waals surface area contributed by atoms with Crippen LogP contribution in [0.4, 0.5) is 0 Å². The van der Waals surface area contributed by atoms with E-state index in [1.165, 1.54) is 12.8 Å². The van der Waals surface area contributed by atoms with Crippen LogP contribution < -0.4 is 0 Å². The molecule has 0 saturated heterocycles. The van der Waals surface area contributed by atoms with Gasteiger partial charge in [0.25, 0.3) is 0 Å². The standard InChI is InChI=1S/C9H15O/c1-8(2)7-4-3-5-9(8,10)6-7/h7H,3-6H2,1-2H3. The minimum absolute atomic E-state index is 0.116. The lowest BCUT2D eigenvalue weighted by Crippen LogP contribution is -2.62. The summed E-state index contributed by atoms with van der Waals surface area (Å²) in [4.78, 5) is 0. The van der Waals surface area contributed by atoms with Crippen molar-refractivity contribution >= 4 is 0 Å². The van der Waals surface area contributed by atoms with Gasteiger partial charge in [-0.15, -0.1) is 0 Å². The van der Waals surface area contributed by atoms with Crippen molar-refractivity contribution in [2.45, 2.75) is 45.1 Å². The fourth-order valence-electron chi connectivity index (χ4n) is 2.68. The van der Waals surface area contributed by atoms with Gasteiger partial charge in [0, 0.05) is 0 Å². The van der Waals surface area contributed by atoms with Gasteiger partial charge in [0.2, 0.25) is 0 Å². The van der Waals surface area contributed by atoms with Crippen molar-refractivity contribution in [3.05, 3.63) is 0 Å². The molecule has 1 heteroatoms. The van der Waals surface area contributed by atoms with E-state index in [0.717, 1.165) is 18.8 Å². The largest absolute Gasteiger partial charge is 0.229 e. The van der Waals surface area contributed by atoms with E-state index >= 15 is 0 Å². The minimum Gasteiger partial charge on any atom is -0.229 e. The molecule has 3 saturated carbocycles. The number of hydrogen-bond donors (Lipinski definition) is 0. The molecule has 2 bridgehead atoms. The van der Waals surface area contributed by atoms with Gasteiger partial charge in [-0.05, 0) is 30.6 Å².